The Morgan fingerprint density at radius 1 is 1.39 bits per heavy atom. The number of hydrogen-bond donors (Lipinski definition) is 2. The predicted octanol–water partition coefficient (Wildman–Crippen LogP) is 3.47. The third-order valence-electron chi connectivity index (χ3n) is 2.75. The van der Waals surface area contributed by atoms with Crippen molar-refractivity contribution in [1.29, 1.82) is 0 Å². The molecule has 0 bridgehead atoms. The number of anilines is 3. The topological polar surface area (TPSA) is 55.9 Å². The minimum Gasteiger partial charge on any atom is -0.394 e. The monoisotopic (exact) mass is 356 g/mol. The molecule has 0 saturated carbocycles. The smallest absolute Gasteiger partial charge is 0.152 e. The molecule has 0 fully saturated rings. The summed E-state index contributed by atoms with van der Waals surface area (Å²) in [6, 6.07) is 8.16. The molecular formula is C13H17IN4. The number of hydrogen-bond acceptors (Lipinski definition) is 3. The highest BCUT2D eigenvalue weighted by Crippen LogP contribution is 2.30. The number of nitrogens with zero attached hydrogens (tertiary/aromatic N) is 2. The molecule has 96 valence electrons. The van der Waals surface area contributed by atoms with Gasteiger partial charge in [0, 0.05) is 16.3 Å². The van der Waals surface area contributed by atoms with Crippen LogP contribution in [0.4, 0.5) is 17.2 Å². The number of nitrogens with one attached hydrogen (secondary N) is 1. The Morgan fingerprint density at radius 2 is 2.11 bits per heavy atom. The quantitative estimate of drug-likeness (QED) is 0.828. The van der Waals surface area contributed by atoms with Gasteiger partial charge in [0.05, 0.1) is 11.4 Å². The summed E-state index contributed by atoms with van der Waals surface area (Å²) in [6.07, 6.45) is 0. The molecule has 1 heterocycles. The van der Waals surface area contributed by atoms with Crippen molar-refractivity contribution in [2.24, 2.45) is 7.05 Å². The highest BCUT2D eigenvalue weighted by Gasteiger charge is 2.15. The Morgan fingerprint density at radius 3 is 2.67 bits per heavy atom. The fourth-order valence-electron chi connectivity index (χ4n) is 1.84. The lowest BCUT2D eigenvalue weighted by Crippen LogP contribution is -2.01. The minimum atomic E-state index is 0.322. The van der Waals surface area contributed by atoms with Crippen molar-refractivity contribution < 1.29 is 0 Å². The highest BCUT2D eigenvalue weighted by molar-refractivity contribution is 14.1. The number of halogens is 1. The number of aryl methyl sites for hydroxylation is 1. The fourth-order valence-corrected chi connectivity index (χ4v) is 2.38. The summed E-state index contributed by atoms with van der Waals surface area (Å²) in [4.78, 5) is 0. The fraction of sp³-hybridized carbons (Fsp3) is 0.308. The van der Waals surface area contributed by atoms with Gasteiger partial charge in [-0.25, -0.2) is 0 Å². The standard InChI is InChI=1S/C13H17IN4/c1-8(2)12-11(15)13(18(3)17-12)16-10-6-4-5-9(14)7-10/h4-8,16H,15H2,1-3H3. The molecule has 2 rings (SSSR count). The van der Waals surface area contributed by atoms with Gasteiger partial charge < -0.3 is 11.1 Å². The number of nitrogen functional groups attached to an aromatic ring is 1. The van der Waals surface area contributed by atoms with Crippen LogP contribution in [0.3, 0.4) is 0 Å². The summed E-state index contributed by atoms with van der Waals surface area (Å²) in [5.74, 6) is 1.17. The summed E-state index contributed by atoms with van der Waals surface area (Å²) in [6.45, 7) is 4.18. The maximum atomic E-state index is 6.14. The van der Waals surface area contributed by atoms with Crippen molar-refractivity contribution in [1.82, 2.24) is 9.78 Å². The Balaban J connectivity index is 2.35. The summed E-state index contributed by atoms with van der Waals surface area (Å²) >= 11 is 2.29. The largest absolute Gasteiger partial charge is 0.394 e. The van der Waals surface area contributed by atoms with E-state index < -0.39 is 0 Å². The number of nitrogens with two attached hydrogens (primary N) is 1. The average molecular weight is 356 g/mol. The molecule has 0 aliphatic carbocycles. The van der Waals surface area contributed by atoms with E-state index in [2.05, 4.69) is 59.0 Å². The van der Waals surface area contributed by atoms with E-state index in [4.69, 9.17) is 5.73 Å². The van der Waals surface area contributed by atoms with Crippen molar-refractivity contribution in [2.45, 2.75) is 19.8 Å². The zero-order valence-corrected chi connectivity index (χ0v) is 12.9. The molecule has 18 heavy (non-hydrogen) atoms. The molecule has 0 spiro atoms. The normalized spacial score (nSPS) is 10.9. The van der Waals surface area contributed by atoms with Gasteiger partial charge in [-0.05, 0) is 46.7 Å². The van der Waals surface area contributed by atoms with Crippen molar-refractivity contribution in [3.05, 3.63) is 33.5 Å². The summed E-state index contributed by atoms with van der Waals surface area (Å²) < 4.78 is 2.98. The van der Waals surface area contributed by atoms with Crippen LogP contribution < -0.4 is 11.1 Å². The minimum absolute atomic E-state index is 0.322. The molecule has 2 aromatic rings. The van der Waals surface area contributed by atoms with Gasteiger partial charge >= 0.3 is 0 Å². The van der Waals surface area contributed by atoms with E-state index in [-0.39, 0.29) is 0 Å². The molecule has 0 atom stereocenters. The van der Waals surface area contributed by atoms with Gasteiger partial charge in [-0.3, -0.25) is 4.68 Å². The van der Waals surface area contributed by atoms with Crippen molar-refractivity contribution in [3.63, 3.8) is 0 Å². The first-order chi connectivity index (χ1) is 8.49. The maximum absolute atomic E-state index is 6.14. The Kier molecular flexibility index (Phi) is 3.79. The third kappa shape index (κ3) is 2.60. The zero-order chi connectivity index (χ0) is 13.3. The van der Waals surface area contributed by atoms with E-state index >= 15 is 0 Å². The van der Waals surface area contributed by atoms with Crippen LogP contribution in [0.2, 0.25) is 0 Å². The van der Waals surface area contributed by atoms with Crippen LogP contribution >= 0.6 is 22.6 Å². The second kappa shape index (κ2) is 5.17. The average Bonchev–Trinajstić information content (AvgIpc) is 2.57. The van der Waals surface area contributed by atoms with E-state index in [9.17, 15) is 0 Å². The molecule has 5 heteroatoms. The molecule has 1 aromatic heterocycles. The molecule has 0 saturated heterocycles. The van der Waals surface area contributed by atoms with Gasteiger partial charge in [0.2, 0.25) is 0 Å². The van der Waals surface area contributed by atoms with Crippen molar-refractivity contribution in [2.75, 3.05) is 11.1 Å². The molecule has 0 aliphatic rings. The molecule has 0 aliphatic heterocycles. The Bertz CT molecular complexity index is 560. The van der Waals surface area contributed by atoms with Gasteiger partial charge in [-0.1, -0.05) is 19.9 Å². The summed E-state index contributed by atoms with van der Waals surface area (Å²) in [5, 5.41) is 7.78. The molecule has 3 N–H and O–H groups in total. The van der Waals surface area contributed by atoms with Crippen LogP contribution in [0.15, 0.2) is 24.3 Å². The molecule has 1 aromatic carbocycles. The zero-order valence-electron chi connectivity index (χ0n) is 10.7. The van der Waals surface area contributed by atoms with Crippen molar-refractivity contribution >= 4 is 39.8 Å². The van der Waals surface area contributed by atoms with Crippen LogP contribution in [-0.4, -0.2) is 9.78 Å². The Labute approximate surface area is 121 Å². The van der Waals surface area contributed by atoms with Gasteiger partial charge in [-0.2, -0.15) is 5.10 Å². The maximum Gasteiger partial charge on any atom is 0.152 e. The van der Waals surface area contributed by atoms with E-state index in [1.165, 1.54) is 3.57 Å². The number of benzene rings is 1. The molecule has 0 amide bonds. The molecule has 0 radical (unpaired) electrons. The molecular weight excluding hydrogens is 339 g/mol. The first kappa shape index (κ1) is 13.2. The van der Waals surface area contributed by atoms with E-state index in [0.29, 0.717) is 5.92 Å². The molecule has 0 unspecified atom stereocenters. The SMILES string of the molecule is CC(C)c1nn(C)c(Nc2cccc(I)c2)c1N. The van der Waals surface area contributed by atoms with Gasteiger partial charge in [0.25, 0.3) is 0 Å². The first-order valence-electron chi connectivity index (χ1n) is 5.84. The molecule has 4 nitrogen and oxygen atoms in total. The lowest BCUT2D eigenvalue weighted by atomic mass is 10.1. The lowest BCUT2D eigenvalue weighted by Gasteiger charge is -2.08. The Hall–Kier alpha value is -1.24. The second-order valence-electron chi connectivity index (χ2n) is 4.56. The van der Waals surface area contributed by atoms with E-state index in [1.807, 2.05) is 19.2 Å². The lowest BCUT2D eigenvalue weighted by molar-refractivity contribution is 0.718. The third-order valence-corrected chi connectivity index (χ3v) is 3.42. The summed E-state index contributed by atoms with van der Waals surface area (Å²) in [5.41, 5.74) is 8.83. The first-order valence-corrected chi connectivity index (χ1v) is 6.92. The van der Waals surface area contributed by atoms with Gasteiger partial charge in [0.15, 0.2) is 5.82 Å². The van der Waals surface area contributed by atoms with Gasteiger partial charge in [-0.15, -0.1) is 0 Å². The highest BCUT2D eigenvalue weighted by atomic mass is 127. The van der Waals surface area contributed by atoms with Gasteiger partial charge in [0.1, 0.15) is 0 Å². The van der Waals surface area contributed by atoms with Crippen LogP contribution in [0, 0.1) is 3.57 Å². The number of rotatable bonds is 3. The van der Waals surface area contributed by atoms with Crippen LogP contribution in [0.5, 0.6) is 0 Å². The number of aromatic nitrogens is 2. The van der Waals surface area contributed by atoms with Crippen LogP contribution in [0.1, 0.15) is 25.5 Å². The van der Waals surface area contributed by atoms with Crippen molar-refractivity contribution in [3.8, 4) is 0 Å². The van der Waals surface area contributed by atoms with Crippen LogP contribution in [0.25, 0.3) is 0 Å². The van der Waals surface area contributed by atoms with E-state index in [0.717, 1.165) is 22.9 Å². The summed E-state index contributed by atoms with van der Waals surface area (Å²) in [7, 11) is 1.90. The van der Waals surface area contributed by atoms with E-state index in [1.54, 1.807) is 4.68 Å². The predicted molar refractivity (Wildman–Crippen MR) is 84.2 cm³/mol. The second-order valence-corrected chi connectivity index (χ2v) is 5.81. The van der Waals surface area contributed by atoms with Crippen LogP contribution in [-0.2, 0) is 7.05 Å².